The molecule has 128 valence electrons. The molecule has 3 aliphatic heterocycles. The lowest BCUT2D eigenvalue weighted by Gasteiger charge is -2.44. The highest BCUT2D eigenvalue weighted by Crippen LogP contribution is 2.33. The van der Waals surface area contributed by atoms with Gasteiger partial charge in [0.15, 0.2) is 0 Å². The zero-order valence-corrected chi connectivity index (χ0v) is 14.0. The number of fused-ring (bicyclic) bond motifs is 2. The maximum atomic E-state index is 12.4. The van der Waals surface area contributed by atoms with Crippen LogP contribution in [0.4, 0.5) is 4.79 Å². The summed E-state index contributed by atoms with van der Waals surface area (Å²) in [5.41, 5.74) is -0.503. The standard InChI is InChI=1S/C16H25N3O4/c1-16(2,3)23-15(22)19-10-4-5-11(19)9-18(8-10)12-6-7-13(20)17-14(12)21/h10-12H,4-9H2,1-3H3,(H,17,20,21)/t10-,11+,12?. The number of nitrogens with zero attached hydrogens (tertiary/aromatic N) is 2. The van der Waals surface area contributed by atoms with Gasteiger partial charge in [-0.25, -0.2) is 4.79 Å². The van der Waals surface area contributed by atoms with E-state index in [4.69, 9.17) is 4.74 Å². The summed E-state index contributed by atoms with van der Waals surface area (Å²) in [5.74, 6) is -0.395. The average molecular weight is 323 g/mol. The Hall–Kier alpha value is -1.63. The number of piperazine rings is 1. The third-order valence-electron chi connectivity index (χ3n) is 4.77. The minimum Gasteiger partial charge on any atom is -0.444 e. The molecule has 0 spiro atoms. The van der Waals surface area contributed by atoms with Crippen LogP contribution in [0.2, 0.25) is 0 Å². The molecule has 1 N–H and O–H groups in total. The van der Waals surface area contributed by atoms with Crippen molar-refractivity contribution in [2.24, 2.45) is 0 Å². The molecule has 3 rings (SSSR count). The lowest BCUT2D eigenvalue weighted by Crippen LogP contribution is -2.62. The molecule has 23 heavy (non-hydrogen) atoms. The van der Waals surface area contributed by atoms with Crippen LogP contribution in [0.25, 0.3) is 0 Å². The lowest BCUT2D eigenvalue weighted by atomic mass is 10.0. The Balaban J connectivity index is 1.66. The van der Waals surface area contributed by atoms with Gasteiger partial charge in [0.1, 0.15) is 5.60 Å². The van der Waals surface area contributed by atoms with Gasteiger partial charge in [-0.1, -0.05) is 0 Å². The summed E-state index contributed by atoms with van der Waals surface area (Å²) in [6.07, 6.45) is 2.57. The average Bonchev–Trinajstić information content (AvgIpc) is 2.68. The second-order valence-corrected chi connectivity index (χ2v) is 7.69. The third kappa shape index (κ3) is 3.34. The van der Waals surface area contributed by atoms with Crippen molar-refractivity contribution in [1.29, 1.82) is 0 Å². The van der Waals surface area contributed by atoms with Gasteiger partial charge in [-0.2, -0.15) is 0 Å². The van der Waals surface area contributed by atoms with Crippen LogP contribution in [0.1, 0.15) is 46.5 Å². The highest BCUT2D eigenvalue weighted by atomic mass is 16.6. The molecule has 7 nitrogen and oxygen atoms in total. The Labute approximate surface area is 136 Å². The van der Waals surface area contributed by atoms with Crippen molar-refractivity contribution in [2.75, 3.05) is 13.1 Å². The van der Waals surface area contributed by atoms with Gasteiger partial charge in [-0.05, 0) is 40.0 Å². The molecular weight excluding hydrogens is 298 g/mol. The van der Waals surface area contributed by atoms with Crippen LogP contribution >= 0.6 is 0 Å². The predicted molar refractivity (Wildman–Crippen MR) is 82.6 cm³/mol. The van der Waals surface area contributed by atoms with Crippen LogP contribution in [0.5, 0.6) is 0 Å². The first kappa shape index (κ1) is 16.2. The van der Waals surface area contributed by atoms with Crippen molar-refractivity contribution in [3.05, 3.63) is 0 Å². The maximum Gasteiger partial charge on any atom is 0.410 e. The Bertz CT molecular complexity index is 514. The number of hydrogen-bond donors (Lipinski definition) is 1. The second kappa shape index (κ2) is 5.78. The van der Waals surface area contributed by atoms with E-state index >= 15 is 0 Å². The van der Waals surface area contributed by atoms with Gasteiger partial charge >= 0.3 is 6.09 Å². The molecule has 3 heterocycles. The van der Waals surface area contributed by atoms with Crippen LogP contribution in [0.15, 0.2) is 0 Å². The van der Waals surface area contributed by atoms with E-state index in [-0.39, 0.29) is 36.0 Å². The Morgan fingerprint density at radius 3 is 2.26 bits per heavy atom. The van der Waals surface area contributed by atoms with Gasteiger partial charge in [0, 0.05) is 31.6 Å². The second-order valence-electron chi connectivity index (χ2n) is 7.69. The minimum atomic E-state index is -0.503. The first-order valence-electron chi connectivity index (χ1n) is 8.33. The molecule has 3 amide bonds. The van der Waals surface area contributed by atoms with Crippen LogP contribution in [-0.2, 0) is 14.3 Å². The SMILES string of the molecule is CC(C)(C)OC(=O)N1[C@@H]2CC[C@H]1CN(C1CCC(=O)NC1=O)C2. The fraction of sp³-hybridized carbons (Fsp3) is 0.812. The third-order valence-corrected chi connectivity index (χ3v) is 4.77. The molecule has 3 atom stereocenters. The van der Waals surface area contributed by atoms with Crippen molar-refractivity contribution in [1.82, 2.24) is 15.1 Å². The Morgan fingerprint density at radius 1 is 1.13 bits per heavy atom. The molecule has 0 aromatic carbocycles. The van der Waals surface area contributed by atoms with Gasteiger partial charge in [-0.15, -0.1) is 0 Å². The summed E-state index contributed by atoms with van der Waals surface area (Å²) in [5, 5.41) is 2.42. The van der Waals surface area contributed by atoms with Gasteiger partial charge in [0.05, 0.1) is 6.04 Å². The van der Waals surface area contributed by atoms with E-state index in [1.54, 1.807) is 0 Å². The van der Waals surface area contributed by atoms with Crippen LogP contribution < -0.4 is 5.32 Å². The number of rotatable bonds is 1. The first-order chi connectivity index (χ1) is 10.7. The smallest absolute Gasteiger partial charge is 0.410 e. The molecule has 0 saturated carbocycles. The molecule has 3 aliphatic rings. The highest BCUT2D eigenvalue weighted by Gasteiger charge is 2.47. The van der Waals surface area contributed by atoms with E-state index < -0.39 is 5.60 Å². The number of carbonyl (C=O) groups excluding carboxylic acids is 3. The van der Waals surface area contributed by atoms with Crippen molar-refractivity contribution in [2.45, 2.75) is 70.2 Å². The highest BCUT2D eigenvalue weighted by molar-refractivity contribution is 6.00. The number of amides is 3. The van der Waals surface area contributed by atoms with E-state index in [1.165, 1.54) is 0 Å². The Morgan fingerprint density at radius 2 is 1.74 bits per heavy atom. The molecule has 0 radical (unpaired) electrons. The normalized spacial score (nSPS) is 32.0. The topological polar surface area (TPSA) is 79.0 Å². The number of hydrogen-bond acceptors (Lipinski definition) is 5. The molecule has 0 aromatic rings. The zero-order valence-electron chi connectivity index (χ0n) is 14.0. The predicted octanol–water partition coefficient (Wildman–Crippen LogP) is 0.875. The van der Waals surface area contributed by atoms with Crippen LogP contribution in [0.3, 0.4) is 0 Å². The number of ether oxygens (including phenoxy) is 1. The molecule has 3 saturated heterocycles. The summed E-state index contributed by atoms with van der Waals surface area (Å²) in [4.78, 5) is 39.8. The number of carbonyl (C=O) groups is 3. The van der Waals surface area contributed by atoms with Crippen molar-refractivity contribution in [3.63, 3.8) is 0 Å². The van der Waals surface area contributed by atoms with E-state index in [1.807, 2.05) is 25.7 Å². The first-order valence-corrected chi connectivity index (χ1v) is 8.33. The fourth-order valence-corrected chi connectivity index (χ4v) is 3.83. The molecular formula is C16H25N3O4. The van der Waals surface area contributed by atoms with E-state index in [9.17, 15) is 14.4 Å². The van der Waals surface area contributed by atoms with E-state index in [0.717, 1.165) is 12.8 Å². The van der Waals surface area contributed by atoms with Crippen molar-refractivity contribution >= 4 is 17.9 Å². The number of imide groups is 1. The summed E-state index contributed by atoms with van der Waals surface area (Å²) < 4.78 is 5.52. The quantitative estimate of drug-likeness (QED) is 0.725. The van der Waals surface area contributed by atoms with Crippen LogP contribution in [-0.4, -0.2) is 64.5 Å². The number of piperidine rings is 1. The summed E-state index contributed by atoms with van der Waals surface area (Å²) in [6, 6.07) is -0.0698. The van der Waals surface area contributed by atoms with Gasteiger partial charge in [-0.3, -0.25) is 24.7 Å². The lowest BCUT2D eigenvalue weighted by molar-refractivity contribution is -0.138. The fourth-order valence-electron chi connectivity index (χ4n) is 3.83. The molecule has 1 unspecified atom stereocenters. The van der Waals surface area contributed by atoms with Gasteiger partial charge < -0.3 is 4.74 Å². The molecule has 3 fully saturated rings. The maximum absolute atomic E-state index is 12.4. The summed E-state index contributed by atoms with van der Waals surface area (Å²) in [6.45, 7) is 6.94. The molecule has 0 aliphatic carbocycles. The Kier molecular flexibility index (Phi) is 4.08. The number of nitrogens with one attached hydrogen (secondary N) is 1. The van der Waals surface area contributed by atoms with Crippen LogP contribution in [0, 0.1) is 0 Å². The van der Waals surface area contributed by atoms with E-state index in [0.29, 0.717) is 25.9 Å². The van der Waals surface area contributed by atoms with E-state index in [2.05, 4.69) is 10.2 Å². The molecule has 2 bridgehead atoms. The molecule has 7 heteroatoms. The molecule has 0 aromatic heterocycles. The zero-order chi connectivity index (χ0) is 16.8. The van der Waals surface area contributed by atoms with Crippen molar-refractivity contribution < 1.29 is 19.1 Å². The number of likely N-dealkylation sites (tertiary alicyclic amines) is 1. The minimum absolute atomic E-state index is 0.0917. The largest absolute Gasteiger partial charge is 0.444 e. The van der Waals surface area contributed by atoms with Gasteiger partial charge in [0.2, 0.25) is 11.8 Å². The van der Waals surface area contributed by atoms with Crippen molar-refractivity contribution in [3.8, 4) is 0 Å². The summed E-state index contributed by atoms with van der Waals surface area (Å²) >= 11 is 0. The summed E-state index contributed by atoms with van der Waals surface area (Å²) in [7, 11) is 0. The van der Waals surface area contributed by atoms with Gasteiger partial charge in [0.25, 0.3) is 0 Å². The monoisotopic (exact) mass is 323 g/mol.